The van der Waals surface area contributed by atoms with E-state index in [1.165, 1.54) is 5.56 Å². The summed E-state index contributed by atoms with van der Waals surface area (Å²) in [6.07, 6.45) is 0.580. The summed E-state index contributed by atoms with van der Waals surface area (Å²) in [5.74, 6) is 1.66. The van der Waals surface area contributed by atoms with Gasteiger partial charge in [0.15, 0.2) is 11.5 Å². The maximum absolute atomic E-state index is 12.6. The van der Waals surface area contributed by atoms with Crippen molar-refractivity contribution in [3.63, 3.8) is 0 Å². The number of benzene rings is 2. The van der Waals surface area contributed by atoms with Gasteiger partial charge in [0.2, 0.25) is 12.7 Å². The SMILES string of the molecule is N[C@@H](Cc1ccccc1)C(=O)N1CCN(Cc2ccc3c(c2)OCO3)CC1. The van der Waals surface area contributed by atoms with Gasteiger partial charge in [-0.1, -0.05) is 36.4 Å². The van der Waals surface area contributed by atoms with Gasteiger partial charge in [0.05, 0.1) is 6.04 Å². The third kappa shape index (κ3) is 4.23. The molecule has 0 aliphatic carbocycles. The van der Waals surface area contributed by atoms with E-state index in [-0.39, 0.29) is 5.91 Å². The summed E-state index contributed by atoms with van der Waals surface area (Å²) >= 11 is 0. The molecule has 0 radical (unpaired) electrons. The van der Waals surface area contributed by atoms with Crippen LogP contribution >= 0.6 is 0 Å². The summed E-state index contributed by atoms with van der Waals surface area (Å²) < 4.78 is 10.8. The minimum absolute atomic E-state index is 0.0431. The van der Waals surface area contributed by atoms with E-state index in [1.807, 2.05) is 47.4 Å². The lowest BCUT2D eigenvalue weighted by Crippen LogP contribution is -2.53. The molecule has 2 aromatic rings. The second-order valence-corrected chi connectivity index (χ2v) is 7.09. The molecule has 0 spiro atoms. The molecule has 0 saturated carbocycles. The molecule has 2 aromatic carbocycles. The smallest absolute Gasteiger partial charge is 0.239 e. The molecule has 2 heterocycles. The minimum atomic E-state index is -0.479. The molecule has 2 aliphatic rings. The second kappa shape index (κ2) is 7.98. The Morgan fingerprint density at radius 3 is 2.48 bits per heavy atom. The number of piperazine rings is 1. The molecule has 0 bridgehead atoms. The monoisotopic (exact) mass is 367 g/mol. The average Bonchev–Trinajstić information content (AvgIpc) is 3.16. The van der Waals surface area contributed by atoms with E-state index in [0.29, 0.717) is 26.3 Å². The highest BCUT2D eigenvalue weighted by molar-refractivity contribution is 5.82. The van der Waals surface area contributed by atoms with Crippen molar-refractivity contribution in [2.45, 2.75) is 19.0 Å². The molecule has 1 amide bonds. The molecular weight excluding hydrogens is 342 g/mol. The van der Waals surface area contributed by atoms with Crippen LogP contribution in [0.15, 0.2) is 48.5 Å². The zero-order valence-electron chi connectivity index (χ0n) is 15.3. The van der Waals surface area contributed by atoms with Gasteiger partial charge in [-0.15, -0.1) is 0 Å². The van der Waals surface area contributed by atoms with Gasteiger partial charge >= 0.3 is 0 Å². The van der Waals surface area contributed by atoms with Gasteiger partial charge < -0.3 is 20.1 Å². The molecule has 1 atom stereocenters. The first kappa shape index (κ1) is 17.8. The van der Waals surface area contributed by atoms with Crippen molar-refractivity contribution in [3.05, 3.63) is 59.7 Å². The average molecular weight is 367 g/mol. The van der Waals surface area contributed by atoms with Crippen LogP contribution in [0, 0.1) is 0 Å². The van der Waals surface area contributed by atoms with Crippen molar-refractivity contribution in [1.82, 2.24) is 9.80 Å². The van der Waals surface area contributed by atoms with Crippen LogP contribution in [0.5, 0.6) is 11.5 Å². The van der Waals surface area contributed by atoms with Crippen LogP contribution in [-0.2, 0) is 17.8 Å². The van der Waals surface area contributed by atoms with Crippen molar-refractivity contribution in [3.8, 4) is 11.5 Å². The number of fused-ring (bicyclic) bond motifs is 1. The zero-order valence-corrected chi connectivity index (χ0v) is 15.3. The van der Waals surface area contributed by atoms with Crippen LogP contribution in [0.25, 0.3) is 0 Å². The number of nitrogens with two attached hydrogens (primary N) is 1. The standard InChI is InChI=1S/C21H25N3O3/c22-18(12-16-4-2-1-3-5-16)21(25)24-10-8-23(9-11-24)14-17-6-7-19-20(13-17)27-15-26-19/h1-7,13,18H,8-12,14-15,22H2/t18-/m0/s1. The van der Waals surface area contributed by atoms with Crippen LogP contribution in [0.3, 0.4) is 0 Å². The lowest BCUT2D eigenvalue weighted by Gasteiger charge is -2.36. The Labute approximate surface area is 159 Å². The van der Waals surface area contributed by atoms with Crippen LogP contribution in [0.4, 0.5) is 0 Å². The number of carbonyl (C=O) groups is 1. The fourth-order valence-corrected chi connectivity index (χ4v) is 3.61. The summed E-state index contributed by atoms with van der Waals surface area (Å²) in [6.45, 7) is 4.26. The van der Waals surface area contributed by atoms with Gasteiger partial charge in [-0.2, -0.15) is 0 Å². The highest BCUT2D eigenvalue weighted by Gasteiger charge is 2.25. The normalized spacial score (nSPS) is 17.7. The van der Waals surface area contributed by atoms with E-state index in [4.69, 9.17) is 15.2 Å². The molecule has 27 heavy (non-hydrogen) atoms. The summed E-state index contributed by atoms with van der Waals surface area (Å²) in [4.78, 5) is 16.9. The Balaban J connectivity index is 1.27. The van der Waals surface area contributed by atoms with Gasteiger partial charge in [-0.25, -0.2) is 0 Å². The lowest BCUT2D eigenvalue weighted by atomic mass is 10.1. The number of amides is 1. The molecular formula is C21H25N3O3. The first-order chi connectivity index (χ1) is 13.2. The van der Waals surface area contributed by atoms with Gasteiger partial charge in [0.1, 0.15) is 0 Å². The van der Waals surface area contributed by atoms with Crippen molar-refractivity contribution in [2.24, 2.45) is 5.73 Å². The predicted octanol–water partition coefficient (Wildman–Crippen LogP) is 1.63. The first-order valence-corrected chi connectivity index (χ1v) is 9.38. The molecule has 142 valence electrons. The van der Waals surface area contributed by atoms with E-state index in [1.54, 1.807) is 0 Å². The van der Waals surface area contributed by atoms with Gasteiger partial charge in [0.25, 0.3) is 0 Å². The Bertz CT molecular complexity index is 789. The maximum atomic E-state index is 12.6. The molecule has 6 nitrogen and oxygen atoms in total. The number of ether oxygens (including phenoxy) is 2. The third-order valence-corrected chi connectivity index (χ3v) is 5.14. The number of rotatable bonds is 5. The topological polar surface area (TPSA) is 68.0 Å². The second-order valence-electron chi connectivity index (χ2n) is 7.09. The molecule has 1 fully saturated rings. The minimum Gasteiger partial charge on any atom is -0.454 e. The summed E-state index contributed by atoms with van der Waals surface area (Å²) in [5, 5.41) is 0. The molecule has 4 rings (SSSR count). The van der Waals surface area contributed by atoms with E-state index in [0.717, 1.165) is 36.7 Å². The summed E-state index contributed by atoms with van der Waals surface area (Å²) in [6, 6.07) is 15.5. The van der Waals surface area contributed by atoms with E-state index in [2.05, 4.69) is 11.0 Å². The fraction of sp³-hybridized carbons (Fsp3) is 0.381. The number of carbonyl (C=O) groups excluding carboxylic acids is 1. The van der Waals surface area contributed by atoms with Crippen LogP contribution in [0.2, 0.25) is 0 Å². The Kier molecular flexibility index (Phi) is 5.27. The maximum Gasteiger partial charge on any atom is 0.239 e. The molecule has 0 unspecified atom stereocenters. The van der Waals surface area contributed by atoms with Crippen molar-refractivity contribution in [2.75, 3.05) is 33.0 Å². The number of hydrogen-bond acceptors (Lipinski definition) is 5. The first-order valence-electron chi connectivity index (χ1n) is 9.38. The fourth-order valence-electron chi connectivity index (χ4n) is 3.61. The third-order valence-electron chi connectivity index (χ3n) is 5.14. The van der Waals surface area contributed by atoms with E-state index in [9.17, 15) is 4.79 Å². The number of hydrogen-bond donors (Lipinski definition) is 1. The van der Waals surface area contributed by atoms with E-state index < -0.39 is 6.04 Å². The van der Waals surface area contributed by atoms with Crippen molar-refractivity contribution >= 4 is 5.91 Å². The lowest BCUT2D eigenvalue weighted by molar-refractivity contribution is -0.134. The molecule has 2 N–H and O–H groups in total. The Hall–Kier alpha value is -2.57. The Morgan fingerprint density at radius 1 is 0.963 bits per heavy atom. The van der Waals surface area contributed by atoms with Crippen LogP contribution in [-0.4, -0.2) is 54.7 Å². The predicted molar refractivity (Wildman–Crippen MR) is 103 cm³/mol. The summed E-state index contributed by atoms with van der Waals surface area (Å²) in [5.41, 5.74) is 8.45. The highest BCUT2D eigenvalue weighted by atomic mass is 16.7. The molecule has 1 saturated heterocycles. The van der Waals surface area contributed by atoms with Gasteiger partial charge in [-0.05, 0) is 29.7 Å². The quantitative estimate of drug-likeness (QED) is 0.870. The van der Waals surface area contributed by atoms with Gasteiger partial charge in [-0.3, -0.25) is 9.69 Å². The molecule has 0 aromatic heterocycles. The van der Waals surface area contributed by atoms with Crippen molar-refractivity contribution in [1.29, 1.82) is 0 Å². The zero-order chi connectivity index (χ0) is 18.6. The van der Waals surface area contributed by atoms with E-state index >= 15 is 0 Å². The van der Waals surface area contributed by atoms with Gasteiger partial charge in [0, 0.05) is 32.7 Å². The molecule has 2 aliphatic heterocycles. The Morgan fingerprint density at radius 2 is 1.70 bits per heavy atom. The highest BCUT2D eigenvalue weighted by Crippen LogP contribution is 2.32. The van der Waals surface area contributed by atoms with Crippen LogP contribution < -0.4 is 15.2 Å². The van der Waals surface area contributed by atoms with Crippen LogP contribution in [0.1, 0.15) is 11.1 Å². The molecule has 6 heteroatoms. The summed E-state index contributed by atoms with van der Waals surface area (Å²) in [7, 11) is 0. The van der Waals surface area contributed by atoms with Crippen molar-refractivity contribution < 1.29 is 14.3 Å². The number of nitrogens with zero attached hydrogens (tertiary/aromatic N) is 2. The largest absolute Gasteiger partial charge is 0.454 e.